The topological polar surface area (TPSA) is 9.23 Å². The normalized spacial score (nSPS) is 13.8. The highest BCUT2D eigenvalue weighted by Crippen LogP contribution is 2.19. The molecule has 18 heavy (non-hydrogen) atoms. The van der Waals surface area contributed by atoms with Gasteiger partial charge in [0.15, 0.2) is 8.32 Å². The molecule has 2 heteroatoms. The Labute approximate surface area is 117 Å². The predicted molar refractivity (Wildman–Crippen MR) is 85.7 cm³/mol. The summed E-state index contributed by atoms with van der Waals surface area (Å²) in [4.78, 5) is 0. The quantitative estimate of drug-likeness (QED) is 0.312. The Kier molecular flexibility index (Phi) is 11.1. The molecule has 1 unspecified atom stereocenters. The summed E-state index contributed by atoms with van der Waals surface area (Å²) < 4.78 is 5.86. The van der Waals surface area contributed by atoms with Crippen LogP contribution in [-0.4, -0.2) is 14.9 Å². The highest BCUT2D eigenvalue weighted by atomic mass is 28.4. The molecule has 1 nitrogen and oxygen atoms in total. The van der Waals surface area contributed by atoms with Crippen LogP contribution in [0.4, 0.5) is 0 Å². The monoisotopic (exact) mass is 272 g/mol. The van der Waals surface area contributed by atoms with Crippen LogP contribution < -0.4 is 0 Å². The zero-order chi connectivity index (χ0) is 13.9. The molecule has 0 radical (unpaired) electrons. The van der Waals surface area contributed by atoms with Crippen LogP contribution >= 0.6 is 0 Å². The number of rotatable bonds is 12. The molecule has 0 rings (SSSR count). The fourth-order valence-electron chi connectivity index (χ4n) is 2.56. The van der Waals surface area contributed by atoms with Crippen molar-refractivity contribution in [1.29, 1.82) is 0 Å². The second kappa shape index (κ2) is 11.0. The van der Waals surface area contributed by atoms with Crippen LogP contribution in [0.15, 0.2) is 0 Å². The van der Waals surface area contributed by atoms with Gasteiger partial charge < -0.3 is 4.43 Å². The highest BCUT2D eigenvalue weighted by molar-refractivity contribution is 6.71. The molecule has 1 atom stereocenters. The third-order valence-corrected chi connectivity index (χ3v) is 6.44. The molecule has 0 N–H and O–H groups in total. The van der Waals surface area contributed by atoms with Gasteiger partial charge in [0.25, 0.3) is 0 Å². The summed E-state index contributed by atoms with van der Waals surface area (Å²) in [5, 5.41) is 0. The van der Waals surface area contributed by atoms with Crippen molar-refractivity contribution < 1.29 is 4.43 Å². The molecule has 0 aromatic carbocycles. The zero-order valence-electron chi connectivity index (χ0n) is 13.6. The van der Waals surface area contributed by atoms with E-state index in [4.69, 9.17) is 4.43 Å². The van der Waals surface area contributed by atoms with E-state index in [0.29, 0.717) is 0 Å². The first kappa shape index (κ1) is 18.2. The Morgan fingerprint density at radius 2 is 1.50 bits per heavy atom. The van der Waals surface area contributed by atoms with Gasteiger partial charge in [-0.25, -0.2) is 0 Å². The van der Waals surface area contributed by atoms with Crippen molar-refractivity contribution in [2.75, 3.05) is 6.61 Å². The third-order valence-electron chi connectivity index (χ3n) is 3.81. The van der Waals surface area contributed by atoms with Gasteiger partial charge >= 0.3 is 0 Å². The second-order valence-electron chi connectivity index (χ2n) is 6.39. The molecular weight excluding hydrogens is 236 g/mol. The Morgan fingerprint density at radius 3 is 2.11 bits per heavy atom. The molecule has 0 aliphatic rings. The standard InChI is InChI=1S/C16H36OSi/c1-6-8-13-16(3)14-11-9-10-12-15-18(4,5)17-7-2/h16H,6-15H2,1-5H3. The molecule has 0 amide bonds. The third kappa shape index (κ3) is 11.3. The number of hydrogen-bond donors (Lipinski definition) is 0. The Bertz CT molecular complexity index is 180. The Morgan fingerprint density at radius 1 is 0.889 bits per heavy atom. The summed E-state index contributed by atoms with van der Waals surface area (Å²) in [7, 11) is -1.30. The molecule has 0 heterocycles. The van der Waals surface area contributed by atoms with E-state index < -0.39 is 8.32 Å². The molecule has 0 bridgehead atoms. The molecule has 0 aliphatic carbocycles. The van der Waals surface area contributed by atoms with E-state index in [-0.39, 0.29) is 0 Å². The molecule has 0 saturated carbocycles. The lowest BCUT2D eigenvalue weighted by Crippen LogP contribution is -2.29. The van der Waals surface area contributed by atoms with Crippen LogP contribution in [0.25, 0.3) is 0 Å². The molecule has 0 aromatic rings. The van der Waals surface area contributed by atoms with Gasteiger partial charge in [-0.05, 0) is 32.0 Å². The van der Waals surface area contributed by atoms with E-state index in [2.05, 4.69) is 33.9 Å². The second-order valence-corrected chi connectivity index (χ2v) is 10.7. The van der Waals surface area contributed by atoms with Crippen LogP contribution in [-0.2, 0) is 4.43 Å². The SMILES string of the molecule is CCCCC(C)CCCCCC[Si](C)(C)OCC. The molecule has 0 aliphatic heterocycles. The van der Waals surface area contributed by atoms with Gasteiger partial charge in [0.05, 0.1) is 0 Å². The molecule has 0 fully saturated rings. The summed E-state index contributed by atoms with van der Waals surface area (Å²) >= 11 is 0. The average molecular weight is 273 g/mol. The lowest BCUT2D eigenvalue weighted by atomic mass is 9.97. The lowest BCUT2D eigenvalue weighted by Gasteiger charge is -2.21. The van der Waals surface area contributed by atoms with Crippen molar-refractivity contribution in [3.8, 4) is 0 Å². The van der Waals surface area contributed by atoms with Crippen molar-refractivity contribution in [1.82, 2.24) is 0 Å². The van der Waals surface area contributed by atoms with Crippen molar-refractivity contribution >= 4 is 8.32 Å². The van der Waals surface area contributed by atoms with E-state index in [1.54, 1.807) is 0 Å². The van der Waals surface area contributed by atoms with Crippen LogP contribution in [0.3, 0.4) is 0 Å². The van der Waals surface area contributed by atoms with Crippen molar-refractivity contribution in [2.45, 2.75) is 91.3 Å². The van der Waals surface area contributed by atoms with Gasteiger partial charge in [0, 0.05) is 6.61 Å². The maximum absolute atomic E-state index is 5.86. The lowest BCUT2D eigenvalue weighted by molar-refractivity contribution is 0.327. The van der Waals surface area contributed by atoms with Gasteiger partial charge in [-0.15, -0.1) is 0 Å². The smallest absolute Gasteiger partial charge is 0.186 e. The van der Waals surface area contributed by atoms with Crippen LogP contribution in [0, 0.1) is 5.92 Å². The summed E-state index contributed by atoms with van der Waals surface area (Å²) in [5.74, 6) is 0.944. The minimum Gasteiger partial charge on any atom is -0.418 e. The van der Waals surface area contributed by atoms with Gasteiger partial charge in [-0.3, -0.25) is 0 Å². The molecule has 0 aromatic heterocycles. The fraction of sp³-hybridized carbons (Fsp3) is 1.00. The fourth-order valence-corrected chi connectivity index (χ4v) is 4.58. The first-order valence-electron chi connectivity index (χ1n) is 8.15. The number of unbranched alkanes of at least 4 members (excludes halogenated alkanes) is 4. The van der Waals surface area contributed by atoms with E-state index in [1.807, 2.05) is 0 Å². The van der Waals surface area contributed by atoms with Crippen LogP contribution in [0.5, 0.6) is 0 Å². The summed E-state index contributed by atoms with van der Waals surface area (Å²) in [6.07, 6.45) is 11.3. The predicted octanol–water partition coefficient (Wildman–Crippen LogP) is 6.00. The van der Waals surface area contributed by atoms with E-state index in [1.165, 1.54) is 57.4 Å². The Balaban J connectivity index is 3.35. The largest absolute Gasteiger partial charge is 0.418 e. The molecule has 0 saturated heterocycles. The van der Waals surface area contributed by atoms with Crippen molar-refractivity contribution in [2.24, 2.45) is 5.92 Å². The minimum atomic E-state index is -1.30. The van der Waals surface area contributed by atoms with Gasteiger partial charge in [0.2, 0.25) is 0 Å². The summed E-state index contributed by atoms with van der Waals surface area (Å²) in [6.45, 7) is 12.4. The maximum atomic E-state index is 5.86. The Hall–Kier alpha value is 0.177. The van der Waals surface area contributed by atoms with E-state index >= 15 is 0 Å². The molecular formula is C16H36OSi. The van der Waals surface area contributed by atoms with E-state index in [0.717, 1.165) is 12.5 Å². The molecule has 110 valence electrons. The van der Waals surface area contributed by atoms with Crippen molar-refractivity contribution in [3.05, 3.63) is 0 Å². The minimum absolute atomic E-state index is 0.897. The summed E-state index contributed by atoms with van der Waals surface area (Å²) in [5.41, 5.74) is 0. The zero-order valence-corrected chi connectivity index (χ0v) is 14.6. The van der Waals surface area contributed by atoms with Gasteiger partial charge in [-0.1, -0.05) is 65.2 Å². The van der Waals surface area contributed by atoms with Crippen LogP contribution in [0.1, 0.15) is 72.1 Å². The maximum Gasteiger partial charge on any atom is 0.186 e. The van der Waals surface area contributed by atoms with Gasteiger partial charge in [0.1, 0.15) is 0 Å². The van der Waals surface area contributed by atoms with Gasteiger partial charge in [-0.2, -0.15) is 0 Å². The highest BCUT2D eigenvalue weighted by Gasteiger charge is 2.20. The van der Waals surface area contributed by atoms with Crippen molar-refractivity contribution in [3.63, 3.8) is 0 Å². The van der Waals surface area contributed by atoms with E-state index in [9.17, 15) is 0 Å². The average Bonchev–Trinajstić information content (AvgIpc) is 2.30. The van der Waals surface area contributed by atoms with Crippen LogP contribution in [0.2, 0.25) is 19.1 Å². The first-order valence-corrected chi connectivity index (χ1v) is 11.3. The molecule has 0 spiro atoms. The number of hydrogen-bond acceptors (Lipinski definition) is 1. The summed E-state index contributed by atoms with van der Waals surface area (Å²) in [6, 6.07) is 1.34. The first-order chi connectivity index (χ1) is 8.52.